The molecule has 3 amide bonds. The molecule has 3 aliphatic heterocycles. The lowest BCUT2D eigenvalue weighted by atomic mass is 9.77. The molecule has 0 aromatic heterocycles. The number of ether oxygens (including phenoxy) is 4. The lowest BCUT2D eigenvalue weighted by Gasteiger charge is -2.47. The minimum Gasteiger partial charge on any atom is -0.493 e. The minimum atomic E-state index is -0.353. The van der Waals surface area contributed by atoms with Gasteiger partial charge in [-0.25, -0.2) is 9.79 Å². The maximum absolute atomic E-state index is 12.7. The van der Waals surface area contributed by atoms with Crippen molar-refractivity contribution in [3.05, 3.63) is 59.0 Å². The highest BCUT2D eigenvalue weighted by atomic mass is 35.5. The molecule has 0 radical (unpaired) electrons. The first-order chi connectivity index (χ1) is 20.7. The molecule has 0 unspecified atom stereocenters. The first-order valence-corrected chi connectivity index (χ1v) is 14.8. The largest absolute Gasteiger partial charge is 0.493 e. The molecule has 0 saturated carbocycles. The SMILES string of the molecule is C=C/C(OCCCC(=O)N1CCC2(CC1)COC2)=C(\C=C1/CN=CN=C1Oc1ccc(NC(=O)NC(C)C)c(Cl)c1)OC. The fraction of sp³-hybridized carbons (Fsp3) is 0.484. The van der Waals surface area contributed by atoms with Crippen LogP contribution in [0.3, 0.4) is 0 Å². The van der Waals surface area contributed by atoms with Gasteiger partial charge in [-0.15, -0.1) is 0 Å². The van der Waals surface area contributed by atoms with Gasteiger partial charge in [-0.1, -0.05) is 18.2 Å². The zero-order chi connectivity index (χ0) is 30.8. The number of halogens is 1. The van der Waals surface area contributed by atoms with Gasteiger partial charge in [-0.05, 0) is 57.4 Å². The number of carbonyl (C=O) groups is 2. The van der Waals surface area contributed by atoms with Gasteiger partial charge in [0.1, 0.15) is 12.1 Å². The summed E-state index contributed by atoms with van der Waals surface area (Å²) >= 11 is 6.39. The topological polar surface area (TPSA) is 123 Å². The van der Waals surface area contributed by atoms with Crippen LogP contribution in [0.5, 0.6) is 5.75 Å². The van der Waals surface area contributed by atoms with Gasteiger partial charge in [-0.3, -0.25) is 9.79 Å². The molecule has 1 aromatic rings. The van der Waals surface area contributed by atoms with E-state index in [9.17, 15) is 9.59 Å². The predicted octanol–water partition coefficient (Wildman–Crippen LogP) is 5.10. The summed E-state index contributed by atoms with van der Waals surface area (Å²) in [6.45, 7) is 11.5. The second-order valence-corrected chi connectivity index (χ2v) is 11.4. The molecule has 0 bridgehead atoms. The summed E-state index contributed by atoms with van der Waals surface area (Å²) in [5.74, 6) is 1.74. The van der Waals surface area contributed by atoms with Crippen LogP contribution < -0.4 is 15.4 Å². The van der Waals surface area contributed by atoms with Gasteiger partial charge in [0.25, 0.3) is 0 Å². The molecule has 2 N–H and O–H groups in total. The molecule has 0 aliphatic carbocycles. The van der Waals surface area contributed by atoms with Gasteiger partial charge in [0.2, 0.25) is 11.8 Å². The van der Waals surface area contributed by atoms with E-state index in [0.29, 0.717) is 70.9 Å². The molecule has 0 atom stereocenters. The summed E-state index contributed by atoms with van der Waals surface area (Å²) in [6.07, 6.45) is 7.72. The number of aliphatic imine (C=N–C) groups is 2. The number of methoxy groups -OCH3 is 1. The van der Waals surface area contributed by atoms with E-state index in [2.05, 4.69) is 27.2 Å². The van der Waals surface area contributed by atoms with Gasteiger partial charge in [-0.2, -0.15) is 0 Å². The Bertz CT molecular complexity index is 1310. The molecule has 3 aliphatic rings. The van der Waals surface area contributed by atoms with Crippen LogP contribution in [0.15, 0.2) is 64.0 Å². The Hall–Kier alpha value is -3.83. The van der Waals surface area contributed by atoms with E-state index in [0.717, 1.165) is 39.1 Å². The summed E-state index contributed by atoms with van der Waals surface area (Å²) in [7, 11) is 1.53. The number of amides is 3. The van der Waals surface area contributed by atoms with E-state index in [-0.39, 0.29) is 18.0 Å². The van der Waals surface area contributed by atoms with Gasteiger partial charge in [0.15, 0.2) is 11.5 Å². The molecule has 3 heterocycles. The van der Waals surface area contributed by atoms with Crippen molar-refractivity contribution in [2.45, 2.75) is 45.6 Å². The monoisotopic (exact) mass is 613 g/mol. The lowest BCUT2D eigenvalue weighted by Crippen LogP contribution is -2.52. The summed E-state index contributed by atoms with van der Waals surface area (Å²) in [5.41, 5.74) is 1.39. The zero-order valence-corrected chi connectivity index (χ0v) is 25.7. The van der Waals surface area contributed by atoms with Crippen molar-refractivity contribution in [2.75, 3.05) is 51.9 Å². The van der Waals surface area contributed by atoms with E-state index < -0.39 is 0 Å². The van der Waals surface area contributed by atoms with Crippen LogP contribution in [-0.2, 0) is 19.0 Å². The fourth-order valence-corrected chi connectivity index (χ4v) is 5.09. The number of hydrogen-bond acceptors (Lipinski definition) is 8. The summed E-state index contributed by atoms with van der Waals surface area (Å²) in [4.78, 5) is 35.2. The molecule has 4 rings (SSSR count). The zero-order valence-electron chi connectivity index (χ0n) is 25.0. The average molecular weight is 614 g/mol. The highest BCUT2D eigenvalue weighted by molar-refractivity contribution is 6.33. The van der Waals surface area contributed by atoms with Crippen molar-refractivity contribution >= 4 is 41.5 Å². The van der Waals surface area contributed by atoms with E-state index >= 15 is 0 Å². The number of likely N-dealkylation sites (tertiary alicyclic amines) is 1. The lowest BCUT2D eigenvalue weighted by molar-refractivity contribution is -0.153. The van der Waals surface area contributed by atoms with E-state index in [4.69, 9.17) is 30.5 Å². The van der Waals surface area contributed by atoms with Gasteiger partial charge in [0, 0.05) is 42.6 Å². The quantitative estimate of drug-likeness (QED) is 0.203. The van der Waals surface area contributed by atoms with Crippen LogP contribution in [0.4, 0.5) is 10.5 Å². The first kappa shape index (κ1) is 32.1. The second kappa shape index (κ2) is 15.1. The van der Waals surface area contributed by atoms with Crippen LogP contribution in [-0.4, -0.2) is 81.7 Å². The summed E-state index contributed by atoms with van der Waals surface area (Å²) in [5, 5.41) is 5.77. The Kier molecular flexibility index (Phi) is 11.2. The molecule has 1 aromatic carbocycles. The number of carbonyl (C=O) groups excluding carboxylic acids is 2. The van der Waals surface area contributed by atoms with Crippen molar-refractivity contribution < 1.29 is 28.5 Å². The van der Waals surface area contributed by atoms with Crippen LogP contribution in [0.1, 0.15) is 39.5 Å². The molecule has 12 heteroatoms. The number of urea groups is 1. The number of anilines is 1. The van der Waals surface area contributed by atoms with Gasteiger partial charge < -0.3 is 34.5 Å². The molecule has 1 spiro atoms. The standard InChI is InChI=1S/C31H40ClN5O6/c1-5-26(42-14-6-7-28(38)37-12-10-31(11-13-37)18-41-19-31)27(40-4)15-22-17-33-20-34-29(22)43-23-8-9-25(24(32)16-23)36-30(39)35-21(2)3/h5,8-9,15-16,20-21H,1,6-7,10-14,17-19H2,2-4H3,(H2,35,36,39)/b22-15+,27-26-. The third-order valence-corrected chi connectivity index (χ3v) is 7.67. The Balaban J connectivity index is 1.33. The Morgan fingerprint density at radius 3 is 2.63 bits per heavy atom. The third-order valence-electron chi connectivity index (χ3n) is 7.36. The molecular weight excluding hydrogens is 574 g/mol. The van der Waals surface area contributed by atoms with Crippen LogP contribution in [0, 0.1) is 5.41 Å². The van der Waals surface area contributed by atoms with Crippen LogP contribution in [0.25, 0.3) is 0 Å². The molecule has 43 heavy (non-hydrogen) atoms. The maximum atomic E-state index is 12.7. The van der Waals surface area contributed by atoms with Crippen molar-refractivity contribution in [1.29, 1.82) is 0 Å². The van der Waals surface area contributed by atoms with Crippen molar-refractivity contribution in [2.24, 2.45) is 15.4 Å². The van der Waals surface area contributed by atoms with Crippen molar-refractivity contribution in [3.63, 3.8) is 0 Å². The van der Waals surface area contributed by atoms with E-state index in [1.54, 1.807) is 30.4 Å². The Morgan fingerprint density at radius 2 is 2.00 bits per heavy atom. The highest BCUT2D eigenvalue weighted by Gasteiger charge is 2.41. The molecular formula is C31H40ClN5O6. The predicted molar refractivity (Wildman–Crippen MR) is 167 cm³/mol. The molecule has 2 fully saturated rings. The normalized spacial score (nSPS) is 18.9. The number of nitrogens with zero attached hydrogens (tertiary/aromatic N) is 3. The van der Waals surface area contributed by atoms with E-state index in [1.807, 2.05) is 18.7 Å². The number of benzene rings is 1. The van der Waals surface area contributed by atoms with Crippen LogP contribution in [0.2, 0.25) is 5.02 Å². The minimum absolute atomic E-state index is 0.0135. The fourth-order valence-electron chi connectivity index (χ4n) is 4.87. The Labute approximate surface area is 257 Å². The summed E-state index contributed by atoms with van der Waals surface area (Å²) in [6, 6.07) is 4.56. The van der Waals surface area contributed by atoms with Crippen molar-refractivity contribution in [3.8, 4) is 5.75 Å². The second-order valence-electron chi connectivity index (χ2n) is 11.0. The van der Waals surface area contributed by atoms with Crippen LogP contribution >= 0.6 is 11.6 Å². The summed E-state index contributed by atoms with van der Waals surface area (Å²) < 4.78 is 23.0. The Morgan fingerprint density at radius 1 is 1.23 bits per heavy atom. The highest BCUT2D eigenvalue weighted by Crippen LogP contribution is 2.38. The number of rotatable bonds is 11. The van der Waals surface area contributed by atoms with Crippen molar-refractivity contribution in [1.82, 2.24) is 10.2 Å². The van der Waals surface area contributed by atoms with Gasteiger partial charge >= 0.3 is 6.03 Å². The molecule has 232 valence electrons. The first-order valence-electron chi connectivity index (χ1n) is 14.4. The van der Waals surface area contributed by atoms with Gasteiger partial charge in [0.05, 0.1) is 44.2 Å². The smallest absolute Gasteiger partial charge is 0.319 e. The maximum Gasteiger partial charge on any atom is 0.319 e. The third kappa shape index (κ3) is 8.84. The number of hydrogen-bond donors (Lipinski definition) is 2. The number of nitrogens with one attached hydrogen (secondary N) is 2. The number of piperidine rings is 1. The average Bonchev–Trinajstić information content (AvgIpc) is 2.97. The number of allylic oxidation sites excluding steroid dienone is 2. The molecule has 2 saturated heterocycles. The molecule has 11 nitrogen and oxygen atoms in total. The van der Waals surface area contributed by atoms with E-state index in [1.165, 1.54) is 13.4 Å².